The first-order valence-corrected chi connectivity index (χ1v) is 6.08. The Labute approximate surface area is 116 Å². The molecule has 1 aromatic rings. The molecule has 0 aromatic carbocycles. The van der Waals surface area contributed by atoms with Crippen LogP contribution in [0.25, 0.3) is 0 Å². The zero-order valence-electron chi connectivity index (χ0n) is 11.3. The SMILES string of the molecule is CCO.COc1cccnc1OC1OC(O)C(O)C1N. The third-order valence-electron chi connectivity index (χ3n) is 2.46. The van der Waals surface area contributed by atoms with E-state index >= 15 is 0 Å². The van der Waals surface area contributed by atoms with Crippen molar-refractivity contribution in [2.24, 2.45) is 5.73 Å². The monoisotopic (exact) mass is 288 g/mol. The van der Waals surface area contributed by atoms with Gasteiger partial charge in [0.15, 0.2) is 12.0 Å². The van der Waals surface area contributed by atoms with Crippen LogP contribution in [0.2, 0.25) is 0 Å². The second-order valence-electron chi connectivity index (χ2n) is 3.91. The Kier molecular flexibility index (Phi) is 6.62. The van der Waals surface area contributed by atoms with Gasteiger partial charge in [0, 0.05) is 12.8 Å². The van der Waals surface area contributed by atoms with Crippen LogP contribution >= 0.6 is 0 Å². The van der Waals surface area contributed by atoms with Crippen molar-refractivity contribution in [2.75, 3.05) is 13.7 Å². The molecule has 1 aliphatic heterocycles. The molecule has 0 spiro atoms. The standard InChI is InChI=1S/C10H14N2O5.C2H6O/c1-15-5-3-2-4-12-8(5)16-10-6(11)7(13)9(14)17-10;1-2-3/h2-4,6-7,9-10,13-14H,11H2,1H3;3H,2H2,1H3. The molecule has 1 saturated heterocycles. The van der Waals surface area contributed by atoms with E-state index in [0.717, 1.165) is 0 Å². The molecular weight excluding hydrogens is 268 g/mol. The van der Waals surface area contributed by atoms with Gasteiger partial charge < -0.3 is 35.3 Å². The van der Waals surface area contributed by atoms with Gasteiger partial charge in [-0.3, -0.25) is 0 Å². The minimum Gasteiger partial charge on any atom is -0.491 e. The topological polar surface area (TPSA) is 127 Å². The Morgan fingerprint density at radius 3 is 2.60 bits per heavy atom. The van der Waals surface area contributed by atoms with Crippen molar-refractivity contribution in [3.63, 3.8) is 0 Å². The van der Waals surface area contributed by atoms with Gasteiger partial charge in [0.25, 0.3) is 5.88 Å². The van der Waals surface area contributed by atoms with Gasteiger partial charge in [-0.15, -0.1) is 0 Å². The van der Waals surface area contributed by atoms with Crippen LogP contribution in [0.5, 0.6) is 11.6 Å². The van der Waals surface area contributed by atoms with Gasteiger partial charge in [-0.05, 0) is 19.1 Å². The Morgan fingerprint density at radius 2 is 2.10 bits per heavy atom. The summed E-state index contributed by atoms with van der Waals surface area (Å²) in [4.78, 5) is 3.95. The van der Waals surface area contributed by atoms with Crippen LogP contribution in [-0.2, 0) is 4.74 Å². The molecule has 4 unspecified atom stereocenters. The van der Waals surface area contributed by atoms with Gasteiger partial charge in [-0.1, -0.05) is 0 Å². The molecule has 1 aromatic heterocycles. The molecule has 4 atom stereocenters. The zero-order chi connectivity index (χ0) is 15.1. The highest BCUT2D eigenvalue weighted by Gasteiger charge is 2.42. The summed E-state index contributed by atoms with van der Waals surface area (Å²) in [5.74, 6) is 0.607. The fourth-order valence-corrected chi connectivity index (χ4v) is 1.50. The number of aliphatic hydroxyl groups is 3. The third kappa shape index (κ3) is 4.02. The van der Waals surface area contributed by atoms with Crippen molar-refractivity contribution in [1.29, 1.82) is 0 Å². The van der Waals surface area contributed by atoms with Crippen molar-refractivity contribution in [2.45, 2.75) is 31.6 Å². The van der Waals surface area contributed by atoms with E-state index in [4.69, 9.17) is 25.1 Å². The van der Waals surface area contributed by atoms with E-state index in [1.807, 2.05) is 0 Å². The van der Waals surface area contributed by atoms with Crippen LogP contribution in [0, 0.1) is 0 Å². The maximum absolute atomic E-state index is 9.41. The number of nitrogens with two attached hydrogens (primary N) is 1. The molecule has 2 rings (SSSR count). The van der Waals surface area contributed by atoms with Crippen molar-refractivity contribution in [1.82, 2.24) is 4.98 Å². The van der Waals surface area contributed by atoms with E-state index in [1.54, 1.807) is 19.1 Å². The number of nitrogens with zero attached hydrogens (tertiary/aromatic N) is 1. The summed E-state index contributed by atoms with van der Waals surface area (Å²) in [5, 5.41) is 26.2. The van der Waals surface area contributed by atoms with Gasteiger partial charge in [-0.2, -0.15) is 0 Å². The lowest BCUT2D eigenvalue weighted by atomic mass is 10.2. The van der Waals surface area contributed by atoms with E-state index in [2.05, 4.69) is 4.98 Å². The lowest BCUT2D eigenvalue weighted by molar-refractivity contribution is -0.168. The normalized spacial score (nSPS) is 28.5. The largest absolute Gasteiger partial charge is 0.491 e. The van der Waals surface area contributed by atoms with Crippen molar-refractivity contribution < 1.29 is 29.5 Å². The minimum absolute atomic E-state index is 0.191. The maximum atomic E-state index is 9.41. The van der Waals surface area contributed by atoms with E-state index in [0.29, 0.717) is 5.75 Å². The van der Waals surface area contributed by atoms with E-state index in [-0.39, 0.29) is 12.5 Å². The van der Waals surface area contributed by atoms with Gasteiger partial charge in [0.2, 0.25) is 6.29 Å². The first kappa shape index (κ1) is 16.6. The van der Waals surface area contributed by atoms with Crippen LogP contribution < -0.4 is 15.2 Å². The molecule has 5 N–H and O–H groups in total. The highest BCUT2D eigenvalue weighted by molar-refractivity contribution is 5.32. The minimum atomic E-state index is -1.36. The van der Waals surface area contributed by atoms with Gasteiger partial charge in [0.1, 0.15) is 6.10 Å². The number of rotatable bonds is 3. The fraction of sp³-hybridized carbons (Fsp3) is 0.583. The first-order chi connectivity index (χ1) is 9.54. The van der Waals surface area contributed by atoms with E-state index in [9.17, 15) is 10.2 Å². The molecule has 8 nitrogen and oxygen atoms in total. The van der Waals surface area contributed by atoms with Crippen molar-refractivity contribution in [3.05, 3.63) is 18.3 Å². The van der Waals surface area contributed by atoms with E-state index < -0.39 is 24.7 Å². The number of ether oxygens (including phenoxy) is 3. The predicted molar refractivity (Wildman–Crippen MR) is 69.0 cm³/mol. The van der Waals surface area contributed by atoms with Gasteiger partial charge in [0.05, 0.1) is 13.2 Å². The number of pyridine rings is 1. The second-order valence-corrected chi connectivity index (χ2v) is 3.91. The summed E-state index contributed by atoms with van der Waals surface area (Å²) >= 11 is 0. The number of aliphatic hydroxyl groups excluding tert-OH is 3. The summed E-state index contributed by atoms with van der Waals surface area (Å²) in [6, 6.07) is 2.50. The molecule has 20 heavy (non-hydrogen) atoms. The average Bonchev–Trinajstić information content (AvgIpc) is 2.68. The molecule has 0 aliphatic carbocycles. The highest BCUT2D eigenvalue weighted by atomic mass is 16.7. The molecule has 114 valence electrons. The summed E-state index contributed by atoms with van der Waals surface area (Å²) in [6.07, 6.45) is -1.99. The number of hydrogen-bond acceptors (Lipinski definition) is 8. The Hall–Kier alpha value is -1.45. The van der Waals surface area contributed by atoms with Crippen LogP contribution in [-0.4, -0.2) is 58.7 Å². The molecule has 0 bridgehead atoms. The van der Waals surface area contributed by atoms with Crippen LogP contribution in [0.15, 0.2) is 18.3 Å². The second kappa shape index (κ2) is 7.98. The Balaban J connectivity index is 0.000000612. The zero-order valence-corrected chi connectivity index (χ0v) is 11.3. The quantitative estimate of drug-likeness (QED) is 0.548. The van der Waals surface area contributed by atoms with Gasteiger partial charge >= 0.3 is 0 Å². The van der Waals surface area contributed by atoms with Crippen molar-refractivity contribution in [3.8, 4) is 11.6 Å². The molecular formula is C12H20N2O6. The smallest absolute Gasteiger partial charge is 0.259 e. The maximum Gasteiger partial charge on any atom is 0.259 e. The van der Waals surface area contributed by atoms with Crippen LogP contribution in [0.3, 0.4) is 0 Å². The predicted octanol–water partition coefficient (Wildman–Crippen LogP) is -1.17. The molecule has 0 radical (unpaired) electrons. The van der Waals surface area contributed by atoms with Crippen molar-refractivity contribution >= 4 is 0 Å². The van der Waals surface area contributed by atoms with E-state index in [1.165, 1.54) is 13.3 Å². The lowest BCUT2D eigenvalue weighted by Gasteiger charge is -2.17. The molecule has 0 saturated carbocycles. The van der Waals surface area contributed by atoms with Gasteiger partial charge in [-0.25, -0.2) is 4.98 Å². The summed E-state index contributed by atoms with van der Waals surface area (Å²) in [7, 11) is 1.48. The van der Waals surface area contributed by atoms with Crippen LogP contribution in [0.1, 0.15) is 6.92 Å². The summed E-state index contributed by atoms with van der Waals surface area (Å²) in [6.45, 7) is 1.93. The number of methoxy groups -OCH3 is 1. The molecule has 1 aliphatic rings. The van der Waals surface area contributed by atoms with Crippen LogP contribution in [0.4, 0.5) is 0 Å². The number of hydrogen-bond donors (Lipinski definition) is 4. The summed E-state index contributed by atoms with van der Waals surface area (Å²) < 4.78 is 15.3. The third-order valence-corrected chi connectivity index (χ3v) is 2.46. The fourth-order valence-electron chi connectivity index (χ4n) is 1.50. The average molecular weight is 288 g/mol. The summed E-state index contributed by atoms with van der Waals surface area (Å²) in [5.41, 5.74) is 5.62. The Bertz CT molecular complexity index is 405. The lowest BCUT2D eigenvalue weighted by Crippen LogP contribution is -2.42. The highest BCUT2D eigenvalue weighted by Crippen LogP contribution is 2.27. The number of aromatic nitrogens is 1. The first-order valence-electron chi connectivity index (χ1n) is 6.08. The molecule has 8 heteroatoms. The Morgan fingerprint density at radius 1 is 1.45 bits per heavy atom. The molecule has 0 amide bonds. The molecule has 1 fully saturated rings. The molecule has 2 heterocycles.